The van der Waals surface area contributed by atoms with Crippen LogP contribution >= 0.6 is 0 Å². The Hall–Kier alpha value is -3.54. The first-order chi connectivity index (χ1) is 14.1. The van der Waals surface area contributed by atoms with E-state index < -0.39 is 11.7 Å². The van der Waals surface area contributed by atoms with Gasteiger partial charge in [0.2, 0.25) is 5.91 Å². The van der Waals surface area contributed by atoms with Crippen LogP contribution < -0.4 is 10.6 Å². The zero-order chi connectivity index (χ0) is 20.2. The van der Waals surface area contributed by atoms with Crippen molar-refractivity contribution in [1.82, 2.24) is 4.98 Å². The molecule has 0 bridgehead atoms. The molecule has 0 aliphatic heterocycles. The first-order valence-corrected chi connectivity index (χ1v) is 9.50. The fraction of sp³-hybridized carbons (Fsp3) is 0.174. The summed E-state index contributed by atoms with van der Waals surface area (Å²) < 4.78 is 13.8. The molecule has 5 nitrogen and oxygen atoms in total. The minimum atomic E-state index is -0.498. The smallest absolute Gasteiger partial charge is 0.274 e. The SMILES string of the molecule is O=C(CC1CCc2ccccc21)Nc1cc(F)ccc1NC(=O)c1ccccn1. The third-order valence-electron chi connectivity index (χ3n) is 5.09. The molecule has 0 fully saturated rings. The summed E-state index contributed by atoms with van der Waals surface area (Å²) >= 11 is 0. The summed E-state index contributed by atoms with van der Waals surface area (Å²) in [5.41, 5.74) is 3.26. The van der Waals surface area contributed by atoms with Crippen molar-refractivity contribution in [2.45, 2.75) is 25.2 Å². The number of aryl methyl sites for hydroxylation is 1. The fourth-order valence-electron chi connectivity index (χ4n) is 3.69. The van der Waals surface area contributed by atoms with E-state index >= 15 is 0 Å². The van der Waals surface area contributed by atoms with Gasteiger partial charge in [-0.05, 0) is 60.2 Å². The molecule has 0 saturated carbocycles. The van der Waals surface area contributed by atoms with Gasteiger partial charge < -0.3 is 10.6 Å². The topological polar surface area (TPSA) is 71.1 Å². The first-order valence-electron chi connectivity index (χ1n) is 9.50. The standard InChI is InChI=1S/C23H20FN3O2/c24-17-10-11-19(27-23(29)20-7-3-4-12-25-20)21(14-17)26-22(28)13-16-9-8-15-5-1-2-6-18(15)16/h1-7,10-12,14,16H,8-9,13H2,(H,26,28)(H,27,29). The molecule has 1 aliphatic rings. The summed E-state index contributed by atoms with van der Waals surface area (Å²) in [6, 6.07) is 17.0. The highest BCUT2D eigenvalue weighted by Gasteiger charge is 2.24. The number of benzene rings is 2. The van der Waals surface area contributed by atoms with Crippen LogP contribution in [-0.4, -0.2) is 16.8 Å². The van der Waals surface area contributed by atoms with Gasteiger partial charge in [0.15, 0.2) is 0 Å². The highest BCUT2D eigenvalue weighted by atomic mass is 19.1. The van der Waals surface area contributed by atoms with Crippen LogP contribution in [-0.2, 0) is 11.2 Å². The highest BCUT2D eigenvalue weighted by molar-refractivity contribution is 6.06. The number of hydrogen-bond donors (Lipinski definition) is 2. The fourth-order valence-corrected chi connectivity index (χ4v) is 3.69. The molecule has 29 heavy (non-hydrogen) atoms. The molecule has 4 rings (SSSR count). The number of nitrogens with zero attached hydrogens (tertiary/aromatic N) is 1. The normalized spacial score (nSPS) is 14.9. The Morgan fingerprint density at radius 1 is 1.00 bits per heavy atom. The van der Waals surface area contributed by atoms with Crippen LogP contribution in [0.3, 0.4) is 0 Å². The highest BCUT2D eigenvalue weighted by Crippen LogP contribution is 2.35. The molecule has 1 aliphatic carbocycles. The van der Waals surface area contributed by atoms with Crippen molar-refractivity contribution in [3.63, 3.8) is 0 Å². The number of amides is 2. The molecule has 3 aromatic rings. The lowest BCUT2D eigenvalue weighted by Crippen LogP contribution is -2.18. The van der Waals surface area contributed by atoms with Crippen molar-refractivity contribution >= 4 is 23.2 Å². The third-order valence-corrected chi connectivity index (χ3v) is 5.09. The Labute approximate surface area is 168 Å². The van der Waals surface area contributed by atoms with Gasteiger partial charge in [-0.2, -0.15) is 0 Å². The molecule has 2 N–H and O–H groups in total. The maximum absolute atomic E-state index is 13.8. The second-order valence-electron chi connectivity index (χ2n) is 7.05. The molecule has 1 atom stereocenters. The third kappa shape index (κ3) is 4.32. The van der Waals surface area contributed by atoms with Gasteiger partial charge in [-0.15, -0.1) is 0 Å². The lowest BCUT2D eigenvalue weighted by Gasteiger charge is -2.15. The minimum absolute atomic E-state index is 0.145. The molecular formula is C23H20FN3O2. The lowest BCUT2D eigenvalue weighted by atomic mass is 9.97. The number of aromatic nitrogens is 1. The van der Waals surface area contributed by atoms with Gasteiger partial charge in [0.25, 0.3) is 5.91 Å². The van der Waals surface area contributed by atoms with Gasteiger partial charge in [-0.1, -0.05) is 30.3 Å². The van der Waals surface area contributed by atoms with Crippen LogP contribution in [0.1, 0.15) is 40.4 Å². The maximum atomic E-state index is 13.8. The van der Waals surface area contributed by atoms with E-state index in [4.69, 9.17) is 0 Å². The average Bonchev–Trinajstić information content (AvgIpc) is 3.13. The molecule has 146 valence electrons. The number of carbonyl (C=O) groups is 2. The van der Waals surface area contributed by atoms with Crippen LogP contribution in [0.5, 0.6) is 0 Å². The summed E-state index contributed by atoms with van der Waals surface area (Å²) in [5.74, 6) is -1.00. The monoisotopic (exact) mass is 389 g/mol. The number of rotatable bonds is 5. The molecule has 0 spiro atoms. The van der Waals surface area contributed by atoms with Gasteiger partial charge in [0.1, 0.15) is 11.5 Å². The molecule has 0 saturated heterocycles. The molecular weight excluding hydrogens is 369 g/mol. The van der Waals surface area contributed by atoms with Crippen LogP contribution in [0.25, 0.3) is 0 Å². The van der Waals surface area contributed by atoms with E-state index in [1.165, 1.54) is 35.5 Å². The Morgan fingerprint density at radius 2 is 1.83 bits per heavy atom. The minimum Gasteiger partial charge on any atom is -0.324 e. The van der Waals surface area contributed by atoms with Crippen molar-refractivity contribution in [3.05, 3.63) is 89.5 Å². The summed E-state index contributed by atoms with van der Waals surface area (Å²) in [5, 5.41) is 5.44. The van der Waals surface area contributed by atoms with Crippen molar-refractivity contribution < 1.29 is 14.0 Å². The van der Waals surface area contributed by atoms with E-state index in [1.807, 2.05) is 12.1 Å². The van der Waals surface area contributed by atoms with E-state index in [1.54, 1.807) is 18.2 Å². The predicted molar refractivity (Wildman–Crippen MR) is 109 cm³/mol. The second kappa shape index (κ2) is 8.22. The van der Waals surface area contributed by atoms with Gasteiger partial charge >= 0.3 is 0 Å². The molecule has 0 radical (unpaired) electrons. The van der Waals surface area contributed by atoms with Gasteiger partial charge in [0.05, 0.1) is 11.4 Å². The van der Waals surface area contributed by atoms with Crippen molar-refractivity contribution in [2.24, 2.45) is 0 Å². The number of nitrogens with one attached hydrogen (secondary N) is 2. The summed E-state index contributed by atoms with van der Waals surface area (Å²) in [6.07, 6.45) is 3.70. The zero-order valence-corrected chi connectivity index (χ0v) is 15.7. The first kappa shape index (κ1) is 18.8. The number of hydrogen-bond acceptors (Lipinski definition) is 3. The number of carbonyl (C=O) groups excluding carboxylic acids is 2. The number of fused-ring (bicyclic) bond motifs is 1. The Kier molecular flexibility index (Phi) is 5.33. The molecule has 2 aromatic carbocycles. The zero-order valence-electron chi connectivity index (χ0n) is 15.7. The maximum Gasteiger partial charge on any atom is 0.274 e. The Morgan fingerprint density at radius 3 is 2.66 bits per heavy atom. The predicted octanol–water partition coefficient (Wildman–Crippen LogP) is 4.53. The Balaban J connectivity index is 1.48. The largest absolute Gasteiger partial charge is 0.324 e. The van der Waals surface area contributed by atoms with Crippen molar-refractivity contribution in [2.75, 3.05) is 10.6 Å². The molecule has 1 unspecified atom stereocenters. The van der Waals surface area contributed by atoms with E-state index in [9.17, 15) is 14.0 Å². The van der Waals surface area contributed by atoms with Gasteiger partial charge in [-0.25, -0.2) is 4.39 Å². The quantitative estimate of drug-likeness (QED) is 0.673. The number of anilines is 2. The summed E-state index contributed by atoms with van der Waals surface area (Å²) in [4.78, 5) is 29.0. The van der Waals surface area contributed by atoms with Crippen LogP contribution in [0.15, 0.2) is 66.9 Å². The second-order valence-corrected chi connectivity index (χ2v) is 7.05. The summed E-state index contributed by atoms with van der Waals surface area (Å²) in [6.45, 7) is 0. The lowest BCUT2D eigenvalue weighted by molar-refractivity contribution is -0.116. The van der Waals surface area contributed by atoms with E-state index in [0.717, 1.165) is 12.8 Å². The Bertz CT molecular complexity index is 1050. The van der Waals surface area contributed by atoms with Gasteiger partial charge in [-0.3, -0.25) is 14.6 Å². The number of halogens is 1. The summed E-state index contributed by atoms with van der Waals surface area (Å²) in [7, 11) is 0. The average molecular weight is 389 g/mol. The van der Waals surface area contributed by atoms with Crippen molar-refractivity contribution in [3.8, 4) is 0 Å². The van der Waals surface area contributed by atoms with Crippen LogP contribution in [0, 0.1) is 5.82 Å². The van der Waals surface area contributed by atoms with E-state index in [2.05, 4.69) is 27.8 Å². The van der Waals surface area contributed by atoms with Crippen molar-refractivity contribution in [1.29, 1.82) is 0 Å². The molecule has 2 amide bonds. The molecule has 6 heteroatoms. The van der Waals surface area contributed by atoms with Gasteiger partial charge in [0, 0.05) is 12.6 Å². The van der Waals surface area contributed by atoms with Crippen LogP contribution in [0.2, 0.25) is 0 Å². The number of pyridine rings is 1. The molecule has 1 aromatic heterocycles. The molecule has 1 heterocycles. The van der Waals surface area contributed by atoms with Crippen LogP contribution in [0.4, 0.5) is 15.8 Å². The van der Waals surface area contributed by atoms with E-state index in [0.29, 0.717) is 12.1 Å². The van der Waals surface area contributed by atoms with E-state index in [-0.39, 0.29) is 23.2 Å².